The van der Waals surface area contributed by atoms with E-state index in [0.29, 0.717) is 13.2 Å². The van der Waals surface area contributed by atoms with Gasteiger partial charge in [0.05, 0.1) is 11.9 Å². The number of hydrogen-bond acceptors (Lipinski definition) is 4. The molecule has 2 heterocycles. The number of aromatic amines is 1. The largest absolute Gasteiger partial charge is 0.449 e. The van der Waals surface area contributed by atoms with Crippen LogP contribution < -0.4 is 5.32 Å². The van der Waals surface area contributed by atoms with Crippen LogP contribution in [-0.2, 0) is 4.74 Å². The van der Waals surface area contributed by atoms with Gasteiger partial charge in [-0.25, -0.2) is 14.8 Å². The zero-order valence-corrected chi connectivity index (χ0v) is 16.2. The second-order valence-corrected chi connectivity index (χ2v) is 7.12. The molecule has 4 aromatic rings. The molecule has 6 nitrogen and oxygen atoms in total. The van der Waals surface area contributed by atoms with E-state index in [0.717, 1.165) is 16.9 Å². The zero-order chi connectivity index (χ0) is 20.3. The van der Waals surface area contributed by atoms with Crippen molar-refractivity contribution >= 4 is 23.3 Å². The van der Waals surface area contributed by atoms with Crippen molar-refractivity contribution in [1.82, 2.24) is 20.3 Å². The number of carbonyl (C=O) groups is 1. The van der Waals surface area contributed by atoms with Crippen LogP contribution in [0, 0.1) is 0 Å². The van der Waals surface area contributed by atoms with Crippen LogP contribution in [0.4, 0.5) is 4.79 Å². The molecule has 0 atom stereocenters. The summed E-state index contributed by atoms with van der Waals surface area (Å²) < 4.78 is 5.52. The van der Waals surface area contributed by atoms with Crippen molar-refractivity contribution < 1.29 is 9.53 Å². The number of nitrogens with one attached hydrogen (secondary N) is 2. The van der Waals surface area contributed by atoms with Gasteiger partial charge in [0.2, 0.25) is 0 Å². The first-order chi connectivity index (χ1) is 14.8. The maximum Gasteiger partial charge on any atom is 0.407 e. The smallest absolute Gasteiger partial charge is 0.407 e. The van der Waals surface area contributed by atoms with Crippen molar-refractivity contribution in [3.8, 4) is 11.1 Å². The lowest BCUT2D eigenvalue weighted by Gasteiger charge is -2.14. The van der Waals surface area contributed by atoms with E-state index in [1.807, 2.05) is 42.5 Å². The number of carbonyl (C=O) groups excluding carboxylic acids is 1. The standard InChI is InChI=1S/C24H20N4O2/c29-24(26-12-5-6-16-14-27-23-22(28-16)11-13-25-23)30-15-21-19-9-3-1-7-17(19)18-8-2-4-10-20(18)21/h1-11,13-14,21H,12,15H2,(H,25,27)(H,26,29). The minimum Gasteiger partial charge on any atom is -0.449 e. The maximum absolute atomic E-state index is 12.2. The van der Waals surface area contributed by atoms with Gasteiger partial charge in [-0.15, -0.1) is 0 Å². The first-order valence-corrected chi connectivity index (χ1v) is 9.85. The summed E-state index contributed by atoms with van der Waals surface area (Å²) in [6, 6.07) is 18.4. The number of nitrogens with zero attached hydrogens (tertiary/aromatic N) is 2. The van der Waals surface area contributed by atoms with Crippen molar-refractivity contribution in [3.63, 3.8) is 0 Å². The monoisotopic (exact) mass is 396 g/mol. The van der Waals surface area contributed by atoms with E-state index in [4.69, 9.17) is 4.74 Å². The Hall–Kier alpha value is -3.93. The molecule has 0 aliphatic heterocycles. The highest BCUT2D eigenvalue weighted by Crippen LogP contribution is 2.44. The molecule has 1 amide bonds. The number of aromatic nitrogens is 3. The van der Waals surface area contributed by atoms with Crippen LogP contribution in [0.5, 0.6) is 0 Å². The zero-order valence-electron chi connectivity index (χ0n) is 16.2. The summed E-state index contributed by atoms with van der Waals surface area (Å²) in [5.41, 5.74) is 7.12. The number of benzene rings is 2. The Labute approximate surface area is 173 Å². The third kappa shape index (κ3) is 3.43. The molecule has 0 saturated heterocycles. The molecule has 0 saturated carbocycles. The number of rotatable bonds is 5. The molecule has 1 aliphatic carbocycles. The normalized spacial score (nSPS) is 12.8. The molecule has 0 unspecified atom stereocenters. The van der Waals surface area contributed by atoms with Crippen molar-refractivity contribution in [3.05, 3.63) is 89.9 Å². The Morgan fingerprint density at radius 1 is 1.07 bits per heavy atom. The van der Waals surface area contributed by atoms with Gasteiger partial charge in [0.25, 0.3) is 0 Å². The van der Waals surface area contributed by atoms with Gasteiger partial charge < -0.3 is 15.0 Å². The number of ether oxygens (including phenoxy) is 1. The van der Waals surface area contributed by atoms with Gasteiger partial charge in [-0.3, -0.25) is 0 Å². The fraction of sp³-hybridized carbons (Fsp3) is 0.125. The quantitative estimate of drug-likeness (QED) is 0.520. The molecular weight excluding hydrogens is 376 g/mol. The van der Waals surface area contributed by atoms with E-state index in [9.17, 15) is 4.79 Å². The molecule has 1 aliphatic rings. The van der Waals surface area contributed by atoms with Crippen molar-refractivity contribution in [2.45, 2.75) is 5.92 Å². The van der Waals surface area contributed by atoms with Gasteiger partial charge in [-0.2, -0.15) is 0 Å². The van der Waals surface area contributed by atoms with Crippen LogP contribution >= 0.6 is 0 Å². The molecule has 2 aromatic heterocycles. The molecule has 148 valence electrons. The van der Waals surface area contributed by atoms with Gasteiger partial charge in [-0.1, -0.05) is 54.6 Å². The van der Waals surface area contributed by atoms with Gasteiger partial charge in [0.15, 0.2) is 5.65 Å². The third-order valence-electron chi connectivity index (χ3n) is 5.28. The van der Waals surface area contributed by atoms with E-state index >= 15 is 0 Å². The number of H-pyrrole nitrogens is 1. The Morgan fingerprint density at radius 3 is 2.57 bits per heavy atom. The Balaban J connectivity index is 1.18. The topological polar surface area (TPSA) is 79.9 Å². The van der Waals surface area contributed by atoms with Gasteiger partial charge in [-0.05, 0) is 34.4 Å². The summed E-state index contributed by atoms with van der Waals surface area (Å²) in [6.45, 7) is 0.655. The Kier molecular flexibility index (Phi) is 4.73. The molecule has 2 N–H and O–H groups in total. The van der Waals surface area contributed by atoms with Crippen molar-refractivity contribution in [2.24, 2.45) is 0 Å². The first-order valence-electron chi connectivity index (χ1n) is 9.85. The second-order valence-electron chi connectivity index (χ2n) is 7.12. The molecule has 6 heteroatoms. The maximum atomic E-state index is 12.2. The number of hydrogen-bond donors (Lipinski definition) is 2. The highest BCUT2D eigenvalue weighted by Gasteiger charge is 2.28. The predicted molar refractivity (Wildman–Crippen MR) is 116 cm³/mol. The SMILES string of the molecule is O=C(NCC=Cc1cnc2[nH]ccc2n1)OCC1c2ccccc2-c2ccccc21. The average Bonchev–Trinajstić information content (AvgIpc) is 3.37. The van der Waals surface area contributed by atoms with Crippen LogP contribution in [0.1, 0.15) is 22.7 Å². The van der Waals surface area contributed by atoms with E-state index in [2.05, 4.69) is 44.5 Å². The molecule has 0 spiro atoms. The predicted octanol–water partition coefficient (Wildman–Crippen LogP) is 4.51. The van der Waals surface area contributed by atoms with Crippen LogP contribution in [-0.4, -0.2) is 34.2 Å². The highest BCUT2D eigenvalue weighted by atomic mass is 16.5. The minimum absolute atomic E-state index is 0.0574. The summed E-state index contributed by atoms with van der Waals surface area (Å²) in [7, 11) is 0. The van der Waals surface area contributed by atoms with Crippen LogP contribution in [0.25, 0.3) is 28.4 Å². The summed E-state index contributed by atoms with van der Waals surface area (Å²) in [6.07, 6.45) is 6.70. The summed E-state index contributed by atoms with van der Waals surface area (Å²) in [5.74, 6) is 0.0574. The molecule has 0 radical (unpaired) electrons. The molecule has 0 fully saturated rings. The highest BCUT2D eigenvalue weighted by molar-refractivity contribution is 5.79. The van der Waals surface area contributed by atoms with Crippen LogP contribution in [0.2, 0.25) is 0 Å². The lowest BCUT2D eigenvalue weighted by molar-refractivity contribution is 0.144. The Morgan fingerprint density at radius 2 is 1.80 bits per heavy atom. The van der Waals surface area contributed by atoms with Crippen molar-refractivity contribution in [1.29, 1.82) is 0 Å². The minimum atomic E-state index is -0.436. The van der Waals surface area contributed by atoms with Gasteiger partial charge in [0, 0.05) is 18.7 Å². The molecule has 30 heavy (non-hydrogen) atoms. The fourth-order valence-electron chi connectivity index (χ4n) is 3.90. The van der Waals surface area contributed by atoms with Crippen molar-refractivity contribution in [2.75, 3.05) is 13.2 Å². The lowest BCUT2D eigenvalue weighted by Crippen LogP contribution is -2.26. The number of amides is 1. The van der Waals surface area contributed by atoms with E-state index in [1.165, 1.54) is 22.3 Å². The molecular formula is C24H20N4O2. The van der Waals surface area contributed by atoms with Crippen LogP contribution in [0.15, 0.2) is 73.1 Å². The second kappa shape index (κ2) is 7.83. The number of alkyl carbamates (subject to hydrolysis) is 1. The van der Waals surface area contributed by atoms with Gasteiger partial charge >= 0.3 is 6.09 Å². The lowest BCUT2D eigenvalue weighted by atomic mass is 9.98. The number of fused-ring (bicyclic) bond motifs is 4. The first kappa shape index (κ1) is 18.1. The van der Waals surface area contributed by atoms with Gasteiger partial charge in [0.1, 0.15) is 12.1 Å². The summed E-state index contributed by atoms with van der Waals surface area (Å²) in [5, 5.41) is 2.75. The Bertz CT molecular complexity index is 1200. The third-order valence-corrected chi connectivity index (χ3v) is 5.28. The fourth-order valence-corrected chi connectivity index (χ4v) is 3.90. The summed E-state index contributed by atoms with van der Waals surface area (Å²) >= 11 is 0. The van der Waals surface area contributed by atoms with Crippen LogP contribution in [0.3, 0.4) is 0 Å². The van der Waals surface area contributed by atoms with E-state index in [1.54, 1.807) is 12.4 Å². The van der Waals surface area contributed by atoms with E-state index in [-0.39, 0.29) is 5.92 Å². The molecule has 0 bridgehead atoms. The van der Waals surface area contributed by atoms with E-state index < -0.39 is 6.09 Å². The average molecular weight is 396 g/mol. The molecule has 2 aromatic carbocycles. The summed E-state index contributed by atoms with van der Waals surface area (Å²) in [4.78, 5) is 23.9. The molecule has 5 rings (SSSR count).